The van der Waals surface area contributed by atoms with E-state index in [0.717, 1.165) is 12.8 Å². The average molecular weight is 239 g/mol. The number of likely N-dealkylation sites (tertiary alicyclic amines) is 1. The van der Waals surface area contributed by atoms with Gasteiger partial charge in [0.1, 0.15) is 0 Å². The van der Waals surface area contributed by atoms with Crippen molar-refractivity contribution in [1.29, 1.82) is 0 Å². The van der Waals surface area contributed by atoms with Crippen LogP contribution in [0.5, 0.6) is 0 Å². The molecule has 1 aliphatic heterocycles. The number of rotatable bonds is 3. The molecule has 6 heteroatoms. The van der Waals surface area contributed by atoms with Crippen LogP contribution in [-0.4, -0.2) is 41.8 Å². The molecule has 16 heavy (non-hydrogen) atoms. The zero-order valence-electron chi connectivity index (χ0n) is 8.96. The third-order valence-corrected chi connectivity index (χ3v) is 2.75. The topological polar surface area (TPSA) is 40.5 Å². The van der Waals surface area contributed by atoms with E-state index in [1.807, 2.05) is 0 Å². The van der Waals surface area contributed by atoms with Gasteiger partial charge in [-0.1, -0.05) is 0 Å². The monoisotopic (exact) mass is 239 g/mol. The van der Waals surface area contributed by atoms with Crippen LogP contribution in [0, 0.1) is 5.92 Å². The number of carbonyl (C=O) groups excluding carboxylic acids is 1. The lowest BCUT2D eigenvalue weighted by atomic mass is 9.99. The molecule has 0 aromatic carbocycles. The summed E-state index contributed by atoms with van der Waals surface area (Å²) in [5.41, 5.74) is 0. The number of aliphatic hydroxyl groups is 1. The van der Waals surface area contributed by atoms with Crippen LogP contribution in [0.1, 0.15) is 25.7 Å². The van der Waals surface area contributed by atoms with Gasteiger partial charge < -0.3 is 10.0 Å². The predicted octanol–water partition coefficient (Wildman–Crippen LogP) is 1.56. The van der Waals surface area contributed by atoms with E-state index in [9.17, 15) is 18.0 Å². The number of piperidine rings is 1. The summed E-state index contributed by atoms with van der Waals surface area (Å²) in [7, 11) is 0. The van der Waals surface area contributed by atoms with Gasteiger partial charge in [0, 0.05) is 26.1 Å². The summed E-state index contributed by atoms with van der Waals surface area (Å²) in [6.45, 7) is 0.878. The van der Waals surface area contributed by atoms with E-state index in [-0.39, 0.29) is 12.5 Å². The Morgan fingerprint density at radius 2 is 2.12 bits per heavy atom. The molecule has 1 aliphatic rings. The molecule has 1 atom stereocenters. The molecule has 1 fully saturated rings. The van der Waals surface area contributed by atoms with Crippen molar-refractivity contribution in [2.24, 2.45) is 5.92 Å². The van der Waals surface area contributed by atoms with Crippen molar-refractivity contribution in [3.63, 3.8) is 0 Å². The molecule has 0 aromatic heterocycles. The van der Waals surface area contributed by atoms with Crippen molar-refractivity contribution in [3.05, 3.63) is 0 Å². The van der Waals surface area contributed by atoms with E-state index >= 15 is 0 Å². The highest BCUT2D eigenvalue weighted by Crippen LogP contribution is 2.23. The standard InChI is InChI=1S/C10H16F3NO2/c11-10(12,13)4-3-9(16)14-5-1-2-8(6-14)7-15/h8,15H,1-7H2. The second-order valence-corrected chi connectivity index (χ2v) is 4.15. The van der Waals surface area contributed by atoms with E-state index in [2.05, 4.69) is 0 Å². The van der Waals surface area contributed by atoms with E-state index < -0.39 is 24.9 Å². The van der Waals surface area contributed by atoms with Crippen molar-refractivity contribution in [1.82, 2.24) is 4.90 Å². The minimum Gasteiger partial charge on any atom is -0.396 e. The number of nitrogens with zero attached hydrogens (tertiary/aromatic N) is 1. The first-order chi connectivity index (χ1) is 7.42. The number of aliphatic hydroxyl groups excluding tert-OH is 1. The largest absolute Gasteiger partial charge is 0.396 e. The molecule has 1 rings (SSSR count). The molecule has 1 unspecified atom stereocenters. The van der Waals surface area contributed by atoms with Gasteiger partial charge in [0.05, 0.1) is 6.42 Å². The van der Waals surface area contributed by atoms with Crippen LogP contribution in [0.15, 0.2) is 0 Å². The molecule has 94 valence electrons. The van der Waals surface area contributed by atoms with Gasteiger partial charge in [-0.2, -0.15) is 13.2 Å². The molecule has 1 saturated heterocycles. The third kappa shape index (κ3) is 4.38. The van der Waals surface area contributed by atoms with Gasteiger partial charge in [0.2, 0.25) is 5.91 Å². The lowest BCUT2D eigenvalue weighted by molar-refractivity contribution is -0.150. The van der Waals surface area contributed by atoms with E-state index in [1.54, 1.807) is 0 Å². The van der Waals surface area contributed by atoms with E-state index in [4.69, 9.17) is 5.11 Å². The maximum absolute atomic E-state index is 11.9. The Morgan fingerprint density at radius 3 is 2.69 bits per heavy atom. The zero-order valence-corrected chi connectivity index (χ0v) is 8.96. The van der Waals surface area contributed by atoms with Gasteiger partial charge in [0.25, 0.3) is 0 Å². The predicted molar refractivity (Wildman–Crippen MR) is 51.7 cm³/mol. The summed E-state index contributed by atoms with van der Waals surface area (Å²) in [6, 6.07) is 0. The normalized spacial score (nSPS) is 22.2. The minimum absolute atomic E-state index is 0.0109. The Hall–Kier alpha value is -0.780. The minimum atomic E-state index is -4.28. The maximum atomic E-state index is 11.9. The first kappa shape index (κ1) is 13.3. The quantitative estimate of drug-likeness (QED) is 0.812. The summed E-state index contributed by atoms with van der Waals surface area (Å²) in [5.74, 6) is -0.445. The van der Waals surface area contributed by atoms with Crippen LogP contribution in [-0.2, 0) is 4.79 Å². The zero-order chi connectivity index (χ0) is 12.2. The second-order valence-electron chi connectivity index (χ2n) is 4.15. The fourth-order valence-electron chi connectivity index (χ4n) is 1.85. The highest BCUT2D eigenvalue weighted by Gasteiger charge is 2.30. The maximum Gasteiger partial charge on any atom is 0.389 e. The van der Waals surface area contributed by atoms with Crippen LogP contribution in [0.2, 0.25) is 0 Å². The molecule has 1 amide bonds. The van der Waals surface area contributed by atoms with Crippen LogP contribution < -0.4 is 0 Å². The van der Waals surface area contributed by atoms with Gasteiger partial charge in [-0.05, 0) is 18.8 Å². The van der Waals surface area contributed by atoms with Crippen molar-refractivity contribution in [2.75, 3.05) is 19.7 Å². The molecule has 3 nitrogen and oxygen atoms in total. The van der Waals surface area contributed by atoms with Gasteiger partial charge in [-0.15, -0.1) is 0 Å². The number of hydrogen-bond donors (Lipinski definition) is 1. The molecule has 1 heterocycles. The molecular weight excluding hydrogens is 223 g/mol. The van der Waals surface area contributed by atoms with E-state index in [0.29, 0.717) is 13.1 Å². The number of hydrogen-bond acceptors (Lipinski definition) is 2. The van der Waals surface area contributed by atoms with Gasteiger partial charge in [0.15, 0.2) is 0 Å². The summed E-state index contributed by atoms with van der Waals surface area (Å²) in [6.07, 6.45) is -4.24. The lowest BCUT2D eigenvalue weighted by Crippen LogP contribution is -2.41. The first-order valence-corrected chi connectivity index (χ1v) is 5.38. The van der Waals surface area contributed by atoms with Crippen LogP contribution in [0.25, 0.3) is 0 Å². The van der Waals surface area contributed by atoms with Gasteiger partial charge >= 0.3 is 6.18 Å². The van der Waals surface area contributed by atoms with E-state index in [1.165, 1.54) is 4.90 Å². The molecule has 0 bridgehead atoms. The fourth-order valence-corrected chi connectivity index (χ4v) is 1.85. The van der Waals surface area contributed by atoms with Gasteiger partial charge in [-0.3, -0.25) is 4.79 Å². The van der Waals surface area contributed by atoms with Gasteiger partial charge in [-0.25, -0.2) is 0 Å². The number of alkyl halides is 3. The third-order valence-electron chi connectivity index (χ3n) is 2.75. The Kier molecular flexibility index (Phi) is 4.58. The highest BCUT2D eigenvalue weighted by atomic mass is 19.4. The molecule has 0 radical (unpaired) electrons. The fraction of sp³-hybridized carbons (Fsp3) is 0.900. The van der Waals surface area contributed by atoms with Crippen LogP contribution >= 0.6 is 0 Å². The molecule has 0 aliphatic carbocycles. The average Bonchev–Trinajstić information content (AvgIpc) is 2.25. The Morgan fingerprint density at radius 1 is 1.44 bits per heavy atom. The highest BCUT2D eigenvalue weighted by molar-refractivity contribution is 5.76. The van der Waals surface area contributed by atoms with Crippen molar-refractivity contribution < 1.29 is 23.1 Å². The molecule has 0 spiro atoms. The smallest absolute Gasteiger partial charge is 0.389 e. The Balaban J connectivity index is 2.36. The Labute approximate surface area is 92.2 Å². The molecule has 0 aromatic rings. The number of carbonyl (C=O) groups is 1. The van der Waals surface area contributed by atoms with Crippen molar-refractivity contribution in [3.8, 4) is 0 Å². The lowest BCUT2D eigenvalue weighted by Gasteiger charge is -2.32. The summed E-state index contributed by atoms with van der Waals surface area (Å²) in [5, 5.41) is 8.93. The Bertz CT molecular complexity index is 243. The number of halogens is 3. The summed E-state index contributed by atoms with van der Waals surface area (Å²) in [4.78, 5) is 12.9. The first-order valence-electron chi connectivity index (χ1n) is 5.38. The summed E-state index contributed by atoms with van der Waals surface area (Å²) >= 11 is 0. The number of amides is 1. The van der Waals surface area contributed by atoms with Crippen molar-refractivity contribution in [2.45, 2.75) is 31.9 Å². The summed E-state index contributed by atoms with van der Waals surface area (Å²) < 4.78 is 35.7. The van der Waals surface area contributed by atoms with Crippen LogP contribution in [0.4, 0.5) is 13.2 Å². The van der Waals surface area contributed by atoms with Crippen molar-refractivity contribution >= 4 is 5.91 Å². The second kappa shape index (κ2) is 5.52. The molecular formula is C10H16F3NO2. The molecule has 1 N–H and O–H groups in total. The van der Waals surface area contributed by atoms with Crippen LogP contribution in [0.3, 0.4) is 0 Å². The SMILES string of the molecule is O=C(CCC(F)(F)F)N1CCCC(CO)C1. The molecule has 0 saturated carbocycles.